The molecule has 0 aliphatic carbocycles. The summed E-state index contributed by atoms with van der Waals surface area (Å²) in [5, 5.41) is 11.8. The maximum Gasteiger partial charge on any atom is 0.335 e. The predicted octanol–water partition coefficient (Wildman–Crippen LogP) is 1.93. The number of hydrogen-bond acceptors (Lipinski definition) is 8. The monoisotopic (exact) mass is 492 g/mol. The molecule has 2 heterocycles. The van der Waals surface area contributed by atoms with Crippen LogP contribution in [0.5, 0.6) is 17.4 Å². The molecule has 3 N–H and O–H groups in total. The van der Waals surface area contributed by atoms with Crippen molar-refractivity contribution < 1.29 is 24.1 Å². The van der Waals surface area contributed by atoms with Crippen molar-refractivity contribution in [3.63, 3.8) is 0 Å². The van der Waals surface area contributed by atoms with Crippen molar-refractivity contribution in [2.45, 2.75) is 12.5 Å². The van der Waals surface area contributed by atoms with Gasteiger partial charge in [0.15, 0.2) is 6.04 Å². The van der Waals surface area contributed by atoms with Crippen LogP contribution >= 0.6 is 0 Å². The van der Waals surface area contributed by atoms with Gasteiger partial charge in [-0.05, 0) is 23.8 Å². The van der Waals surface area contributed by atoms with Gasteiger partial charge < -0.3 is 24.3 Å². The van der Waals surface area contributed by atoms with Crippen molar-refractivity contribution in [3.05, 3.63) is 80.6 Å². The number of carbonyl (C=O) groups excluding carboxylic acids is 1. The Hall–Kier alpha value is -4.80. The van der Waals surface area contributed by atoms with Gasteiger partial charge in [0.1, 0.15) is 17.1 Å². The maximum atomic E-state index is 12.6. The highest BCUT2D eigenvalue weighted by molar-refractivity contribution is 5.87. The van der Waals surface area contributed by atoms with Crippen LogP contribution in [0, 0.1) is 0 Å². The van der Waals surface area contributed by atoms with E-state index in [4.69, 9.17) is 14.2 Å². The summed E-state index contributed by atoms with van der Waals surface area (Å²) in [5.41, 5.74) is -0.253. The second kappa shape index (κ2) is 10.2. The zero-order valence-corrected chi connectivity index (χ0v) is 19.8. The van der Waals surface area contributed by atoms with E-state index >= 15 is 0 Å². The van der Waals surface area contributed by atoms with E-state index in [1.54, 1.807) is 18.3 Å². The van der Waals surface area contributed by atoms with Gasteiger partial charge in [0.05, 0.1) is 27.0 Å². The number of aromatic nitrogens is 3. The summed E-state index contributed by atoms with van der Waals surface area (Å²) < 4.78 is 16.3. The number of benzene rings is 2. The minimum absolute atomic E-state index is 0.133. The van der Waals surface area contributed by atoms with Crippen LogP contribution in [0.4, 0.5) is 0 Å². The molecule has 11 nitrogen and oxygen atoms in total. The maximum absolute atomic E-state index is 12.6. The molecule has 1 atom stereocenters. The Bertz CT molecular complexity index is 1560. The predicted molar refractivity (Wildman–Crippen MR) is 133 cm³/mol. The molecule has 0 spiro atoms. The van der Waals surface area contributed by atoms with Gasteiger partial charge in [-0.1, -0.05) is 18.2 Å². The SMILES string of the molecule is COC(=O)[C@@H](Cc1c[nH]c2ccccc12)N=Cc1c(O)n(-c2cc(OC)ccc2OC)c(=O)[nH]c1=O. The second-order valence-electron chi connectivity index (χ2n) is 7.75. The number of esters is 1. The van der Waals surface area contributed by atoms with Crippen LogP contribution in [0.1, 0.15) is 11.1 Å². The van der Waals surface area contributed by atoms with Gasteiger partial charge >= 0.3 is 11.7 Å². The van der Waals surface area contributed by atoms with Gasteiger partial charge in [-0.25, -0.2) is 14.2 Å². The third kappa shape index (κ3) is 4.58. The van der Waals surface area contributed by atoms with Crippen molar-refractivity contribution in [1.29, 1.82) is 0 Å². The van der Waals surface area contributed by atoms with E-state index in [9.17, 15) is 19.5 Å². The smallest absolute Gasteiger partial charge is 0.335 e. The number of nitrogens with one attached hydrogen (secondary N) is 2. The van der Waals surface area contributed by atoms with Crippen LogP contribution < -0.4 is 20.7 Å². The molecule has 0 saturated carbocycles. The van der Waals surface area contributed by atoms with E-state index in [1.165, 1.54) is 27.4 Å². The molecule has 4 rings (SSSR count). The van der Waals surface area contributed by atoms with Crippen molar-refractivity contribution in [2.24, 2.45) is 4.99 Å². The molecule has 0 fully saturated rings. The molecular weight excluding hydrogens is 468 g/mol. The summed E-state index contributed by atoms with van der Waals surface area (Å²) in [6.07, 6.45) is 3.00. The van der Waals surface area contributed by atoms with Gasteiger partial charge in [-0.3, -0.25) is 14.8 Å². The first-order chi connectivity index (χ1) is 17.4. The highest BCUT2D eigenvalue weighted by Gasteiger charge is 2.22. The lowest BCUT2D eigenvalue weighted by Gasteiger charge is -2.14. The fourth-order valence-electron chi connectivity index (χ4n) is 3.86. The van der Waals surface area contributed by atoms with Crippen LogP contribution in [0.3, 0.4) is 0 Å². The number of rotatable bonds is 8. The molecule has 0 unspecified atom stereocenters. The molecule has 2 aromatic carbocycles. The van der Waals surface area contributed by atoms with Gasteiger partial charge in [0.25, 0.3) is 5.56 Å². The summed E-state index contributed by atoms with van der Waals surface area (Å²) >= 11 is 0. The number of aromatic amines is 2. The molecule has 0 aliphatic rings. The van der Waals surface area contributed by atoms with Crippen molar-refractivity contribution in [2.75, 3.05) is 21.3 Å². The highest BCUT2D eigenvalue weighted by Crippen LogP contribution is 2.29. The highest BCUT2D eigenvalue weighted by atomic mass is 16.5. The van der Waals surface area contributed by atoms with E-state index in [1.807, 2.05) is 24.3 Å². The Kier molecular flexibility index (Phi) is 6.91. The molecule has 36 heavy (non-hydrogen) atoms. The Morgan fingerprint density at radius 3 is 2.64 bits per heavy atom. The Morgan fingerprint density at radius 2 is 1.92 bits per heavy atom. The van der Waals surface area contributed by atoms with E-state index in [-0.39, 0.29) is 23.4 Å². The first-order valence-corrected chi connectivity index (χ1v) is 10.8. The quantitative estimate of drug-likeness (QED) is 0.251. The first-order valence-electron chi connectivity index (χ1n) is 10.8. The number of nitrogens with zero attached hydrogens (tertiary/aromatic N) is 2. The number of fused-ring (bicyclic) bond motifs is 1. The Labute approximate surface area is 204 Å². The zero-order chi connectivity index (χ0) is 25.8. The van der Waals surface area contributed by atoms with Gasteiger partial charge in [-0.15, -0.1) is 0 Å². The topological polar surface area (TPSA) is 148 Å². The van der Waals surface area contributed by atoms with Crippen LogP contribution in [-0.4, -0.2) is 59.2 Å². The van der Waals surface area contributed by atoms with E-state index in [0.717, 1.165) is 27.2 Å². The first kappa shape index (κ1) is 24.3. The lowest BCUT2D eigenvalue weighted by atomic mass is 10.1. The normalized spacial score (nSPS) is 12.1. The van der Waals surface area contributed by atoms with Crippen molar-refractivity contribution >= 4 is 23.1 Å². The average Bonchev–Trinajstić information content (AvgIpc) is 3.29. The number of para-hydroxylation sites is 1. The molecular formula is C25H24N4O7. The minimum atomic E-state index is -1.01. The fourth-order valence-corrected chi connectivity index (χ4v) is 3.86. The van der Waals surface area contributed by atoms with E-state index in [2.05, 4.69) is 15.0 Å². The molecule has 0 aliphatic heterocycles. The van der Waals surface area contributed by atoms with Crippen LogP contribution in [0.2, 0.25) is 0 Å². The molecule has 186 valence electrons. The van der Waals surface area contributed by atoms with E-state index < -0.39 is 29.1 Å². The summed E-state index contributed by atoms with van der Waals surface area (Å²) in [6, 6.07) is 11.2. The van der Waals surface area contributed by atoms with Crippen LogP contribution in [0.15, 0.2) is 63.2 Å². The summed E-state index contributed by atoms with van der Waals surface area (Å²) in [6.45, 7) is 0. The molecule has 0 bridgehead atoms. The number of hydrogen-bond donors (Lipinski definition) is 3. The van der Waals surface area contributed by atoms with Gasteiger partial charge in [0, 0.05) is 35.8 Å². The number of H-pyrrole nitrogens is 2. The Balaban J connectivity index is 1.77. The number of aromatic hydroxyl groups is 1. The number of aliphatic imine (C=N–C) groups is 1. The van der Waals surface area contributed by atoms with Crippen molar-refractivity contribution in [1.82, 2.24) is 14.5 Å². The zero-order valence-electron chi connectivity index (χ0n) is 19.8. The van der Waals surface area contributed by atoms with Crippen LogP contribution in [0.25, 0.3) is 16.6 Å². The van der Waals surface area contributed by atoms with Crippen LogP contribution in [-0.2, 0) is 16.0 Å². The number of ether oxygens (including phenoxy) is 3. The molecule has 4 aromatic rings. The lowest BCUT2D eigenvalue weighted by Crippen LogP contribution is -2.32. The molecule has 2 aromatic heterocycles. The molecule has 0 amide bonds. The largest absolute Gasteiger partial charge is 0.497 e. The van der Waals surface area contributed by atoms with Gasteiger partial charge in [-0.2, -0.15) is 0 Å². The fraction of sp³-hybridized carbons (Fsp3) is 0.200. The molecule has 0 saturated heterocycles. The third-order valence-corrected chi connectivity index (χ3v) is 5.69. The Morgan fingerprint density at radius 1 is 1.14 bits per heavy atom. The van der Waals surface area contributed by atoms with E-state index in [0.29, 0.717) is 5.75 Å². The number of carbonyl (C=O) groups is 1. The lowest BCUT2D eigenvalue weighted by molar-refractivity contribution is -0.142. The standard InChI is InChI=1S/C25H24N4O7/c1-34-15-8-9-21(35-2)20(11-15)29-23(31)17(22(30)28-25(29)33)13-27-19(24(32)36-3)10-14-12-26-18-7-5-4-6-16(14)18/h4-9,11-13,19,26,31H,10H2,1-3H3,(H,28,30,33)/t19-/m1/s1. The number of methoxy groups -OCH3 is 3. The van der Waals surface area contributed by atoms with Crippen molar-refractivity contribution in [3.8, 4) is 23.1 Å². The van der Waals surface area contributed by atoms with Gasteiger partial charge in [0.2, 0.25) is 5.88 Å². The average molecular weight is 492 g/mol. The second-order valence-corrected chi connectivity index (χ2v) is 7.75. The third-order valence-electron chi connectivity index (χ3n) is 5.69. The molecule has 11 heteroatoms. The minimum Gasteiger partial charge on any atom is -0.497 e. The molecule has 0 radical (unpaired) electrons. The summed E-state index contributed by atoms with van der Waals surface area (Å²) in [5.74, 6) is -0.678. The summed E-state index contributed by atoms with van der Waals surface area (Å²) in [4.78, 5) is 47.2. The summed E-state index contributed by atoms with van der Waals surface area (Å²) in [7, 11) is 4.08.